The second-order valence-electron chi connectivity index (χ2n) is 9.99. The van der Waals surface area contributed by atoms with Crippen molar-refractivity contribution < 1.29 is 0 Å². The highest BCUT2D eigenvalue weighted by atomic mass is 15.1. The Labute approximate surface area is 218 Å². The summed E-state index contributed by atoms with van der Waals surface area (Å²) in [5, 5.41) is 4.51. The number of para-hydroxylation sites is 2. The van der Waals surface area contributed by atoms with Crippen LogP contribution >= 0.6 is 0 Å². The van der Waals surface area contributed by atoms with Crippen molar-refractivity contribution >= 4 is 33.8 Å². The molecule has 0 fully saturated rings. The predicted molar refractivity (Wildman–Crippen MR) is 157 cm³/mol. The lowest BCUT2D eigenvalue weighted by molar-refractivity contribution is 0.806. The maximum Gasteiger partial charge on any atom is 0.0900 e. The summed E-state index contributed by atoms with van der Waals surface area (Å²) in [4.78, 5) is 14.2. The third kappa shape index (κ3) is 5.00. The first-order valence-electron chi connectivity index (χ1n) is 12.6. The largest absolute Gasteiger partial charge is 0.378 e. The molecule has 3 aromatic rings. The molecule has 1 aliphatic heterocycles. The van der Waals surface area contributed by atoms with E-state index in [1.54, 1.807) is 0 Å². The second-order valence-corrected chi connectivity index (χ2v) is 9.99. The number of nitrogens with one attached hydrogen (secondary N) is 1. The minimum atomic E-state index is 0.148. The maximum absolute atomic E-state index is 5.05. The Balaban J connectivity index is 1.73. The molecule has 0 atom stereocenters. The molecule has 0 amide bonds. The van der Waals surface area contributed by atoms with E-state index in [0.29, 0.717) is 0 Å². The molecule has 0 unspecified atom stereocenters. The number of hydrogen-bond acceptors (Lipinski definition) is 5. The van der Waals surface area contributed by atoms with E-state index in [1.165, 1.54) is 0 Å². The van der Waals surface area contributed by atoms with Crippen LogP contribution in [-0.4, -0.2) is 43.8 Å². The van der Waals surface area contributed by atoms with Crippen LogP contribution in [0, 0.1) is 0 Å². The van der Waals surface area contributed by atoms with Crippen molar-refractivity contribution in [2.24, 2.45) is 4.99 Å². The molecule has 188 valence electrons. The average molecular weight is 491 g/mol. The van der Waals surface area contributed by atoms with Crippen LogP contribution < -0.4 is 20.5 Å². The third-order valence-electron chi connectivity index (χ3n) is 6.38. The van der Waals surface area contributed by atoms with Crippen molar-refractivity contribution in [3.63, 3.8) is 0 Å². The van der Waals surface area contributed by atoms with Gasteiger partial charge in [-0.1, -0.05) is 12.1 Å². The maximum atomic E-state index is 5.05. The molecule has 1 N–H and O–H groups in total. The van der Waals surface area contributed by atoms with Gasteiger partial charge in [-0.15, -0.1) is 0 Å². The van der Waals surface area contributed by atoms with Gasteiger partial charge in [0.25, 0.3) is 0 Å². The van der Waals surface area contributed by atoms with Gasteiger partial charge in [-0.3, -0.25) is 4.99 Å². The Hall–Kier alpha value is -4.32. The number of benzene rings is 4. The van der Waals surface area contributed by atoms with E-state index < -0.39 is 0 Å². The molecule has 1 aliphatic carbocycles. The van der Waals surface area contributed by atoms with Crippen LogP contribution in [-0.2, 0) is 0 Å². The second kappa shape index (κ2) is 9.97. The van der Waals surface area contributed by atoms with Crippen LogP contribution in [0.2, 0.25) is 0 Å². The summed E-state index contributed by atoms with van der Waals surface area (Å²) in [5.74, 6) is 0. The summed E-state index contributed by atoms with van der Waals surface area (Å²) >= 11 is 0. The summed E-state index contributed by atoms with van der Waals surface area (Å²) < 4.78 is 2.28. The molecule has 5 rings (SSSR count). The standard InChI is InChI=1S/C31H34N6/c1-21(2)32-28-20-31-29(19-27(28)33-22-11-13-23(14-12-22)35(3)4)34-26-9-7-8-10-30(26)37(31)25-17-15-24(16-18-25)36(5)6/h7-21,33H,1-6H3. The Morgan fingerprint density at radius 3 is 2.03 bits per heavy atom. The Bertz CT molecular complexity index is 1560. The first-order valence-corrected chi connectivity index (χ1v) is 12.6. The minimum Gasteiger partial charge on any atom is -0.378 e. The van der Waals surface area contributed by atoms with Gasteiger partial charge in [0.05, 0.1) is 33.5 Å². The highest BCUT2D eigenvalue weighted by Gasteiger charge is 2.17. The van der Waals surface area contributed by atoms with Crippen molar-refractivity contribution in [3.05, 3.63) is 90.3 Å². The molecule has 0 spiro atoms. The van der Waals surface area contributed by atoms with Crippen molar-refractivity contribution in [3.8, 4) is 17.1 Å². The van der Waals surface area contributed by atoms with Gasteiger partial charge in [0.1, 0.15) is 0 Å². The van der Waals surface area contributed by atoms with E-state index >= 15 is 0 Å². The van der Waals surface area contributed by atoms with Gasteiger partial charge in [-0.25, -0.2) is 4.98 Å². The molecule has 0 saturated heterocycles. The van der Waals surface area contributed by atoms with Gasteiger partial charge >= 0.3 is 0 Å². The smallest absolute Gasteiger partial charge is 0.0900 e. The van der Waals surface area contributed by atoms with Crippen molar-refractivity contribution in [2.45, 2.75) is 19.9 Å². The van der Waals surface area contributed by atoms with Gasteiger partial charge < -0.3 is 19.7 Å². The topological polar surface area (TPSA) is 48.7 Å². The Kier molecular flexibility index (Phi) is 6.57. The zero-order chi connectivity index (χ0) is 26.1. The number of aromatic nitrogens is 2. The third-order valence-corrected chi connectivity index (χ3v) is 6.38. The molecule has 0 bridgehead atoms. The lowest BCUT2D eigenvalue weighted by Gasteiger charge is -2.21. The summed E-state index contributed by atoms with van der Waals surface area (Å²) in [7, 11) is 8.21. The highest BCUT2D eigenvalue weighted by Crippen LogP contribution is 2.31. The molecule has 3 aromatic carbocycles. The van der Waals surface area contributed by atoms with Gasteiger partial charge in [0.2, 0.25) is 0 Å². The summed E-state index contributed by atoms with van der Waals surface area (Å²) in [6, 6.07) is 29.8. The normalized spacial score (nSPS) is 11.9. The quantitative estimate of drug-likeness (QED) is 0.283. The van der Waals surface area contributed by atoms with E-state index in [2.05, 4.69) is 126 Å². The van der Waals surface area contributed by atoms with Crippen LogP contribution in [0.3, 0.4) is 0 Å². The summed E-state index contributed by atoms with van der Waals surface area (Å²) in [6.45, 7) is 4.21. The van der Waals surface area contributed by atoms with E-state index in [4.69, 9.17) is 9.98 Å². The first kappa shape index (κ1) is 24.4. The van der Waals surface area contributed by atoms with E-state index in [9.17, 15) is 0 Å². The molecular formula is C31H34N6. The molecule has 6 nitrogen and oxygen atoms in total. The lowest BCUT2D eigenvalue weighted by atomic mass is 10.1. The van der Waals surface area contributed by atoms with Gasteiger partial charge in [-0.2, -0.15) is 0 Å². The van der Waals surface area contributed by atoms with Crippen LogP contribution in [0.1, 0.15) is 13.8 Å². The lowest BCUT2D eigenvalue weighted by Crippen LogP contribution is -2.16. The van der Waals surface area contributed by atoms with E-state index in [0.717, 1.165) is 56.2 Å². The van der Waals surface area contributed by atoms with Crippen LogP contribution in [0.4, 0.5) is 22.7 Å². The highest BCUT2D eigenvalue weighted by molar-refractivity contribution is 5.84. The monoisotopic (exact) mass is 490 g/mol. The zero-order valence-corrected chi connectivity index (χ0v) is 22.4. The van der Waals surface area contributed by atoms with E-state index in [-0.39, 0.29) is 6.04 Å². The molecule has 0 aromatic heterocycles. The molecule has 37 heavy (non-hydrogen) atoms. The van der Waals surface area contributed by atoms with Crippen molar-refractivity contribution in [2.75, 3.05) is 43.3 Å². The number of rotatable bonds is 6. The van der Waals surface area contributed by atoms with Gasteiger partial charge in [0, 0.05) is 57.0 Å². The Morgan fingerprint density at radius 1 is 0.784 bits per heavy atom. The number of nitrogens with zero attached hydrogens (tertiary/aromatic N) is 5. The molecule has 2 aliphatic rings. The minimum absolute atomic E-state index is 0.148. The van der Waals surface area contributed by atoms with Crippen LogP contribution in [0.15, 0.2) is 89.9 Å². The van der Waals surface area contributed by atoms with Crippen LogP contribution in [0.5, 0.6) is 0 Å². The molecular weight excluding hydrogens is 456 g/mol. The first-order chi connectivity index (χ1) is 17.8. The fourth-order valence-electron chi connectivity index (χ4n) is 4.50. The van der Waals surface area contributed by atoms with Crippen LogP contribution in [0.25, 0.3) is 28.1 Å². The molecule has 6 heteroatoms. The van der Waals surface area contributed by atoms with E-state index in [1.807, 2.05) is 20.2 Å². The van der Waals surface area contributed by atoms with Gasteiger partial charge in [-0.05, 0) is 86.6 Å². The van der Waals surface area contributed by atoms with Crippen molar-refractivity contribution in [1.29, 1.82) is 0 Å². The fourth-order valence-corrected chi connectivity index (χ4v) is 4.50. The molecule has 0 saturated carbocycles. The predicted octanol–water partition coefficient (Wildman–Crippen LogP) is 6.32. The fraction of sp³-hybridized carbons (Fsp3) is 0.226. The number of hydrogen-bond donors (Lipinski definition) is 1. The van der Waals surface area contributed by atoms with Crippen molar-refractivity contribution in [1.82, 2.24) is 9.55 Å². The molecule has 0 radical (unpaired) electrons. The SMILES string of the molecule is CC(C)N=c1cc2n(-c3ccc(N(C)C)cc3)c3ccccc3nc-2cc1Nc1ccc(N(C)C)cc1. The summed E-state index contributed by atoms with van der Waals surface area (Å²) in [5.41, 5.74) is 9.29. The zero-order valence-electron chi connectivity index (χ0n) is 22.4. The number of anilines is 4. The van der Waals surface area contributed by atoms with Gasteiger partial charge in [0.15, 0.2) is 0 Å². The summed E-state index contributed by atoms with van der Waals surface area (Å²) in [6.07, 6.45) is 0. The Morgan fingerprint density at radius 2 is 1.41 bits per heavy atom. The molecule has 1 heterocycles. The number of fused-ring (bicyclic) bond motifs is 2. The average Bonchev–Trinajstić information content (AvgIpc) is 2.88.